The summed E-state index contributed by atoms with van der Waals surface area (Å²) in [5, 5.41) is 3.37. The molecule has 0 radical (unpaired) electrons. The molecule has 1 atom stereocenters. The Hall–Kier alpha value is -0.640. The largest absolute Gasteiger partial charge is 0.352 e. The number of aryl methyl sites for hydroxylation is 1. The Morgan fingerprint density at radius 3 is 3.08 bits per heavy atom. The van der Waals surface area contributed by atoms with Gasteiger partial charge in [-0.2, -0.15) is 11.8 Å². The molecule has 0 aliphatic rings. The number of nitrogens with one attached hydrogen (secondary N) is 1. The molecule has 0 aliphatic heterocycles. The topological polar surface area (TPSA) is 29.9 Å². The Labute approximate surface area is 83.9 Å². The molecule has 0 amide bonds. The van der Waals surface area contributed by atoms with E-state index in [1.807, 2.05) is 24.2 Å². The first-order valence-electron chi connectivity index (χ1n) is 4.54. The summed E-state index contributed by atoms with van der Waals surface area (Å²) < 4.78 is 2.11. The van der Waals surface area contributed by atoms with Crippen molar-refractivity contribution in [1.29, 1.82) is 0 Å². The predicted molar refractivity (Wildman–Crippen MR) is 59.4 cm³/mol. The van der Waals surface area contributed by atoms with Gasteiger partial charge < -0.3 is 9.88 Å². The van der Waals surface area contributed by atoms with E-state index in [2.05, 4.69) is 35.0 Å². The highest BCUT2D eigenvalue weighted by molar-refractivity contribution is 7.98. The molecule has 0 aliphatic carbocycles. The average molecular weight is 199 g/mol. The number of imidazole rings is 1. The normalized spacial score (nSPS) is 12.8. The Balaban J connectivity index is 2.52. The first-order chi connectivity index (χ1) is 6.27. The third kappa shape index (κ3) is 2.95. The number of hydrogen-bond donors (Lipinski definition) is 1. The molecule has 1 rings (SSSR count). The number of nitrogens with zero attached hydrogens (tertiary/aromatic N) is 2. The Morgan fingerprint density at radius 1 is 1.69 bits per heavy atom. The van der Waals surface area contributed by atoms with E-state index in [4.69, 9.17) is 0 Å². The van der Waals surface area contributed by atoms with Crippen LogP contribution in [0, 0.1) is 0 Å². The zero-order valence-corrected chi connectivity index (χ0v) is 9.27. The van der Waals surface area contributed by atoms with Crippen LogP contribution in [-0.2, 0) is 6.54 Å². The molecular formula is C9H17N3S. The van der Waals surface area contributed by atoms with Crippen molar-refractivity contribution in [3.05, 3.63) is 12.4 Å². The quantitative estimate of drug-likeness (QED) is 0.787. The van der Waals surface area contributed by atoms with Gasteiger partial charge in [0.1, 0.15) is 0 Å². The molecule has 1 N–H and O–H groups in total. The summed E-state index contributed by atoms with van der Waals surface area (Å²) in [6.45, 7) is 5.26. The number of aromatic nitrogens is 2. The molecule has 0 saturated heterocycles. The highest BCUT2D eigenvalue weighted by Crippen LogP contribution is 2.07. The van der Waals surface area contributed by atoms with Crippen LogP contribution in [0.15, 0.2) is 12.4 Å². The van der Waals surface area contributed by atoms with Crippen LogP contribution in [0.5, 0.6) is 0 Å². The van der Waals surface area contributed by atoms with Gasteiger partial charge in [0.15, 0.2) is 0 Å². The molecule has 3 nitrogen and oxygen atoms in total. The van der Waals surface area contributed by atoms with Gasteiger partial charge in [0, 0.05) is 30.7 Å². The predicted octanol–water partition coefficient (Wildman–Crippen LogP) is 2.07. The fourth-order valence-electron chi connectivity index (χ4n) is 1.22. The van der Waals surface area contributed by atoms with Gasteiger partial charge in [-0.15, -0.1) is 0 Å². The molecule has 0 fully saturated rings. The average Bonchev–Trinajstić information content (AvgIpc) is 2.52. The maximum Gasteiger partial charge on any atom is 0.202 e. The van der Waals surface area contributed by atoms with E-state index < -0.39 is 0 Å². The summed E-state index contributed by atoms with van der Waals surface area (Å²) in [7, 11) is 0. The van der Waals surface area contributed by atoms with E-state index in [9.17, 15) is 0 Å². The van der Waals surface area contributed by atoms with E-state index in [0.29, 0.717) is 6.04 Å². The lowest BCUT2D eigenvalue weighted by atomic mass is 10.4. The van der Waals surface area contributed by atoms with E-state index in [1.165, 1.54) is 0 Å². The Kier molecular flexibility index (Phi) is 4.15. The number of anilines is 1. The summed E-state index contributed by atoms with van der Waals surface area (Å²) in [5.74, 6) is 2.08. The molecule has 13 heavy (non-hydrogen) atoms. The van der Waals surface area contributed by atoms with Crippen LogP contribution < -0.4 is 5.32 Å². The Bertz CT molecular complexity index is 247. The van der Waals surface area contributed by atoms with Gasteiger partial charge in [0.25, 0.3) is 0 Å². The van der Waals surface area contributed by atoms with Gasteiger partial charge >= 0.3 is 0 Å². The van der Waals surface area contributed by atoms with E-state index in [0.717, 1.165) is 18.2 Å². The molecule has 1 unspecified atom stereocenters. The Morgan fingerprint density at radius 2 is 2.46 bits per heavy atom. The number of thioether (sulfide) groups is 1. The molecule has 1 aromatic rings. The standard InChI is InChI=1S/C9H17N3S/c1-4-12-6-5-10-9(12)11-8(2)7-13-3/h5-6,8H,4,7H2,1-3H3,(H,10,11). The van der Waals surface area contributed by atoms with E-state index >= 15 is 0 Å². The highest BCUT2D eigenvalue weighted by Gasteiger charge is 2.04. The fourth-order valence-corrected chi connectivity index (χ4v) is 1.80. The molecule has 0 bridgehead atoms. The van der Waals surface area contributed by atoms with Crippen LogP contribution in [0.4, 0.5) is 5.95 Å². The maximum absolute atomic E-state index is 4.25. The van der Waals surface area contributed by atoms with Crippen LogP contribution in [-0.4, -0.2) is 27.6 Å². The first-order valence-corrected chi connectivity index (χ1v) is 5.94. The van der Waals surface area contributed by atoms with Crippen molar-refractivity contribution in [3.63, 3.8) is 0 Å². The summed E-state index contributed by atoms with van der Waals surface area (Å²) in [4.78, 5) is 4.25. The second-order valence-corrected chi connectivity index (χ2v) is 3.95. The third-order valence-electron chi connectivity index (χ3n) is 1.85. The third-order valence-corrected chi connectivity index (χ3v) is 2.68. The summed E-state index contributed by atoms with van der Waals surface area (Å²) >= 11 is 1.85. The van der Waals surface area contributed by atoms with Gasteiger partial charge in [-0.1, -0.05) is 0 Å². The molecule has 1 heterocycles. The van der Waals surface area contributed by atoms with Gasteiger partial charge in [0.05, 0.1) is 0 Å². The van der Waals surface area contributed by atoms with Crippen molar-refractivity contribution >= 4 is 17.7 Å². The fraction of sp³-hybridized carbons (Fsp3) is 0.667. The van der Waals surface area contributed by atoms with Crippen LogP contribution in [0.3, 0.4) is 0 Å². The van der Waals surface area contributed by atoms with Gasteiger partial charge in [0.2, 0.25) is 5.95 Å². The lowest BCUT2D eigenvalue weighted by Crippen LogP contribution is -2.20. The second-order valence-electron chi connectivity index (χ2n) is 3.04. The highest BCUT2D eigenvalue weighted by atomic mass is 32.2. The maximum atomic E-state index is 4.25. The smallest absolute Gasteiger partial charge is 0.202 e. The first kappa shape index (κ1) is 10.4. The zero-order valence-electron chi connectivity index (χ0n) is 8.45. The van der Waals surface area contributed by atoms with Crippen molar-refractivity contribution in [2.75, 3.05) is 17.3 Å². The van der Waals surface area contributed by atoms with Crippen LogP contribution in [0.2, 0.25) is 0 Å². The summed E-state index contributed by atoms with van der Waals surface area (Å²) in [5.41, 5.74) is 0. The monoisotopic (exact) mass is 199 g/mol. The zero-order chi connectivity index (χ0) is 9.68. The minimum absolute atomic E-state index is 0.475. The SMILES string of the molecule is CCn1ccnc1NC(C)CSC. The molecule has 0 aromatic carbocycles. The molecule has 0 spiro atoms. The van der Waals surface area contributed by atoms with Crippen LogP contribution in [0.25, 0.3) is 0 Å². The minimum Gasteiger partial charge on any atom is -0.352 e. The van der Waals surface area contributed by atoms with Crippen LogP contribution in [0.1, 0.15) is 13.8 Å². The van der Waals surface area contributed by atoms with Crippen molar-refractivity contribution in [2.45, 2.75) is 26.4 Å². The van der Waals surface area contributed by atoms with Crippen molar-refractivity contribution in [1.82, 2.24) is 9.55 Å². The van der Waals surface area contributed by atoms with E-state index in [-0.39, 0.29) is 0 Å². The van der Waals surface area contributed by atoms with Crippen molar-refractivity contribution in [3.8, 4) is 0 Å². The second kappa shape index (κ2) is 5.17. The molecule has 0 saturated carbocycles. The lowest BCUT2D eigenvalue weighted by molar-refractivity contribution is 0.749. The van der Waals surface area contributed by atoms with Gasteiger partial charge in [-0.25, -0.2) is 4.98 Å². The molecular weight excluding hydrogens is 182 g/mol. The molecule has 1 aromatic heterocycles. The number of hydrogen-bond acceptors (Lipinski definition) is 3. The van der Waals surface area contributed by atoms with Crippen molar-refractivity contribution in [2.24, 2.45) is 0 Å². The summed E-state index contributed by atoms with van der Waals surface area (Å²) in [6.07, 6.45) is 5.94. The lowest BCUT2D eigenvalue weighted by Gasteiger charge is -2.13. The van der Waals surface area contributed by atoms with Crippen LogP contribution >= 0.6 is 11.8 Å². The summed E-state index contributed by atoms with van der Waals surface area (Å²) in [6, 6.07) is 0.475. The van der Waals surface area contributed by atoms with E-state index in [1.54, 1.807) is 0 Å². The van der Waals surface area contributed by atoms with Crippen molar-refractivity contribution < 1.29 is 0 Å². The number of rotatable bonds is 5. The van der Waals surface area contributed by atoms with Gasteiger partial charge in [-0.05, 0) is 20.1 Å². The minimum atomic E-state index is 0.475. The molecule has 4 heteroatoms. The molecule has 74 valence electrons. The van der Waals surface area contributed by atoms with Gasteiger partial charge in [-0.3, -0.25) is 0 Å².